The summed E-state index contributed by atoms with van der Waals surface area (Å²) in [6.07, 6.45) is 0.717. The van der Waals surface area contributed by atoms with Crippen molar-refractivity contribution in [3.63, 3.8) is 0 Å². The second-order valence-electron chi connectivity index (χ2n) is 4.35. The molecule has 2 amide bonds. The van der Waals surface area contributed by atoms with Gasteiger partial charge in [-0.1, -0.05) is 6.92 Å². The van der Waals surface area contributed by atoms with Crippen molar-refractivity contribution >= 4 is 23.3 Å². The van der Waals surface area contributed by atoms with Gasteiger partial charge in [0.2, 0.25) is 5.91 Å². The molecule has 0 saturated carbocycles. The predicted molar refractivity (Wildman–Crippen MR) is 66.3 cm³/mol. The van der Waals surface area contributed by atoms with E-state index >= 15 is 0 Å². The second-order valence-corrected chi connectivity index (χ2v) is 4.35. The van der Waals surface area contributed by atoms with Crippen molar-refractivity contribution in [2.75, 3.05) is 18.0 Å². The van der Waals surface area contributed by atoms with Crippen LogP contribution in [0.25, 0.3) is 0 Å². The molecule has 106 valence electrons. The fraction of sp³-hybridized carbons (Fsp3) is 0.308. The van der Waals surface area contributed by atoms with Gasteiger partial charge in [0.25, 0.3) is 11.7 Å². The molecule has 1 aromatic rings. The molecule has 0 atom stereocenters. The molecule has 1 heterocycles. The molecule has 0 aromatic heterocycles. The molecule has 0 saturated heterocycles. The van der Waals surface area contributed by atoms with E-state index in [0.717, 1.165) is 17.4 Å². The molecule has 0 spiro atoms. The van der Waals surface area contributed by atoms with Crippen molar-refractivity contribution in [1.82, 2.24) is 5.32 Å². The molecule has 1 aliphatic rings. The number of halogens is 2. The van der Waals surface area contributed by atoms with Crippen LogP contribution in [0.4, 0.5) is 14.5 Å². The predicted octanol–water partition coefficient (Wildman–Crippen LogP) is 1.02. The fourth-order valence-corrected chi connectivity index (χ4v) is 1.91. The maximum absolute atomic E-state index is 13.2. The number of benzene rings is 1. The van der Waals surface area contributed by atoms with Gasteiger partial charge in [-0.25, -0.2) is 8.78 Å². The largest absolute Gasteiger partial charge is 0.355 e. The number of carbonyl (C=O) groups is 3. The zero-order chi connectivity index (χ0) is 14.9. The third kappa shape index (κ3) is 2.38. The van der Waals surface area contributed by atoms with Gasteiger partial charge >= 0.3 is 0 Å². The van der Waals surface area contributed by atoms with Gasteiger partial charge < -0.3 is 5.32 Å². The summed E-state index contributed by atoms with van der Waals surface area (Å²) in [5.41, 5.74) is -0.303. The smallest absolute Gasteiger partial charge is 0.299 e. The van der Waals surface area contributed by atoms with Crippen LogP contribution in [0.5, 0.6) is 0 Å². The number of hydrogen-bond acceptors (Lipinski definition) is 3. The van der Waals surface area contributed by atoms with Crippen LogP contribution in [0.2, 0.25) is 0 Å². The van der Waals surface area contributed by atoms with Crippen LogP contribution in [-0.2, 0) is 9.59 Å². The van der Waals surface area contributed by atoms with Crippen molar-refractivity contribution in [3.8, 4) is 0 Å². The quantitative estimate of drug-likeness (QED) is 0.838. The number of anilines is 1. The molecule has 1 N–H and O–H groups in total. The Morgan fingerprint density at radius 3 is 2.55 bits per heavy atom. The molecule has 0 unspecified atom stereocenters. The summed E-state index contributed by atoms with van der Waals surface area (Å²) >= 11 is 0. The maximum atomic E-state index is 13.2. The zero-order valence-electron chi connectivity index (χ0n) is 10.7. The van der Waals surface area contributed by atoms with E-state index in [4.69, 9.17) is 0 Å². The molecular formula is C13H12F2N2O3. The Balaban J connectivity index is 2.28. The van der Waals surface area contributed by atoms with E-state index in [1.165, 1.54) is 0 Å². The number of carbonyl (C=O) groups excluding carboxylic acids is 3. The molecule has 20 heavy (non-hydrogen) atoms. The highest BCUT2D eigenvalue weighted by molar-refractivity contribution is 6.52. The van der Waals surface area contributed by atoms with Gasteiger partial charge in [-0.05, 0) is 12.5 Å². The summed E-state index contributed by atoms with van der Waals surface area (Å²) in [6.45, 7) is 1.89. The highest BCUT2D eigenvalue weighted by Crippen LogP contribution is 2.30. The normalized spacial score (nSPS) is 13.7. The van der Waals surface area contributed by atoms with Crippen LogP contribution >= 0.6 is 0 Å². The molecule has 1 aliphatic heterocycles. The van der Waals surface area contributed by atoms with Crippen LogP contribution in [0.1, 0.15) is 23.7 Å². The monoisotopic (exact) mass is 282 g/mol. The highest BCUT2D eigenvalue weighted by Gasteiger charge is 2.37. The lowest BCUT2D eigenvalue weighted by molar-refractivity contribution is -0.122. The van der Waals surface area contributed by atoms with Crippen molar-refractivity contribution in [1.29, 1.82) is 0 Å². The van der Waals surface area contributed by atoms with Crippen molar-refractivity contribution in [2.24, 2.45) is 0 Å². The number of nitrogens with one attached hydrogen (secondary N) is 1. The van der Waals surface area contributed by atoms with Crippen LogP contribution < -0.4 is 10.2 Å². The summed E-state index contributed by atoms with van der Waals surface area (Å²) in [6, 6.07) is 1.43. The number of Topliss-reactive ketones (excluding diaryl/α,β-unsaturated/α-hetero) is 1. The fourth-order valence-electron chi connectivity index (χ4n) is 1.91. The van der Waals surface area contributed by atoms with Gasteiger partial charge in [0.15, 0.2) is 11.6 Å². The van der Waals surface area contributed by atoms with Crippen molar-refractivity contribution in [3.05, 3.63) is 29.3 Å². The number of hydrogen-bond donors (Lipinski definition) is 1. The Kier molecular flexibility index (Phi) is 3.78. The summed E-state index contributed by atoms with van der Waals surface area (Å²) in [5.74, 6) is -4.75. The van der Waals surface area contributed by atoms with Gasteiger partial charge in [0.05, 0.1) is 11.3 Å². The van der Waals surface area contributed by atoms with Crippen LogP contribution in [0.15, 0.2) is 12.1 Å². The lowest BCUT2D eigenvalue weighted by Crippen LogP contribution is -2.40. The first-order valence-corrected chi connectivity index (χ1v) is 6.07. The summed E-state index contributed by atoms with van der Waals surface area (Å²) < 4.78 is 26.3. The lowest BCUT2D eigenvalue weighted by Gasteiger charge is -2.16. The number of nitrogens with zero attached hydrogens (tertiary/aromatic N) is 1. The average Bonchev–Trinajstić information content (AvgIpc) is 2.63. The van der Waals surface area contributed by atoms with Gasteiger partial charge in [-0.2, -0.15) is 0 Å². The van der Waals surface area contributed by atoms with Crippen molar-refractivity contribution < 1.29 is 23.2 Å². The van der Waals surface area contributed by atoms with E-state index < -0.39 is 35.8 Å². The van der Waals surface area contributed by atoms with Gasteiger partial charge in [-0.3, -0.25) is 19.3 Å². The SMILES string of the molecule is CCCNC(=O)CN1C(=O)C(=O)c2cc(F)c(F)cc21. The van der Waals surface area contributed by atoms with E-state index in [0.29, 0.717) is 12.6 Å². The van der Waals surface area contributed by atoms with E-state index in [2.05, 4.69) is 5.32 Å². The third-order valence-corrected chi connectivity index (χ3v) is 2.89. The Labute approximate surface area is 113 Å². The van der Waals surface area contributed by atoms with E-state index in [1.54, 1.807) is 0 Å². The van der Waals surface area contributed by atoms with Crippen LogP contribution in [0, 0.1) is 11.6 Å². The van der Waals surface area contributed by atoms with Crippen LogP contribution in [-0.4, -0.2) is 30.7 Å². The molecule has 1 aromatic carbocycles. The summed E-state index contributed by atoms with van der Waals surface area (Å²) in [5, 5.41) is 2.54. The molecular weight excluding hydrogens is 270 g/mol. The highest BCUT2D eigenvalue weighted by atomic mass is 19.2. The number of rotatable bonds is 4. The topological polar surface area (TPSA) is 66.5 Å². The minimum atomic E-state index is -1.21. The molecule has 0 bridgehead atoms. The standard InChI is InChI=1S/C13H12F2N2O3/c1-2-3-16-11(18)6-17-10-5-9(15)8(14)4-7(10)12(19)13(17)20/h4-5H,2-3,6H2,1H3,(H,16,18). The first-order chi connectivity index (χ1) is 9.45. The minimum absolute atomic E-state index is 0.0782. The molecule has 5 nitrogen and oxygen atoms in total. The van der Waals surface area contributed by atoms with Gasteiger partial charge in [-0.15, -0.1) is 0 Å². The lowest BCUT2D eigenvalue weighted by atomic mass is 10.1. The second kappa shape index (κ2) is 5.36. The third-order valence-electron chi connectivity index (χ3n) is 2.89. The Hall–Kier alpha value is -2.31. The molecule has 0 aliphatic carbocycles. The molecule has 2 rings (SSSR count). The first-order valence-electron chi connectivity index (χ1n) is 6.07. The maximum Gasteiger partial charge on any atom is 0.299 e. The number of ketones is 1. The van der Waals surface area contributed by atoms with Gasteiger partial charge in [0, 0.05) is 12.6 Å². The van der Waals surface area contributed by atoms with E-state index in [9.17, 15) is 23.2 Å². The molecule has 0 fully saturated rings. The Morgan fingerprint density at radius 2 is 1.90 bits per heavy atom. The van der Waals surface area contributed by atoms with E-state index in [-0.39, 0.29) is 11.3 Å². The van der Waals surface area contributed by atoms with Gasteiger partial charge in [0.1, 0.15) is 6.54 Å². The zero-order valence-corrected chi connectivity index (χ0v) is 10.7. The molecule has 7 heteroatoms. The summed E-state index contributed by atoms with van der Waals surface area (Å²) in [7, 11) is 0. The first kappa shape index (κ1) is 14.1. The Morgan fingerprint density at radius 1 is 1.25 bits per heavy atom. The molecule has 0 radical (unpaired) electrons. The number of fused-ring (bicyclic) bond motifs is 1. The Bertz CT molecular complexity index is 602. The minimum Gasteiger partial charge on any atom is -0.355 e. The number of amides is 2. The average molecular weight is 282 g/mol. The van der Waals surface area contributed by atoms with Crippen molar-refractivity contribution in [2.45, 2.75) is 13.3 Å². The van der Waals surface area contributed by atoms with Crippen LogP contribution in [0.3, 0.4) is 0 Å². The van der Waals surface area contributed by atoms with E-state index in [1.807, 2.05) is 6.92 Å². The summed E-state index contributed by atoms with van der Waals surface area (Å²) in [4.78, 5) is 35.8.